The van der Waals surface area contributed by atoms with Crippen LogP contribution in [0.4, 0.5) is 10.6 Å². The minimum atomic E-state index is -0.956. The number of rotatable bonds is 7. The van der Waals surface area contributed by atoms with Gasteiger partial charge in [0.05, 0.1) is 0 Å². The Labute approximate surface area is 203 Å². The largest absolute Gasteiger partial charge is 0.461 e. The second kappa shape index (κ2) is 10.1. The van der Waals surface area contributed by atoms with Crippen LogP contribution in [-0.2, 0) is 28.5 Å². The molecule has 0 spiro atoms. The molecule has 0 aromatic carbocycles. The van der Waals surface area contributed by atoms with E-state index in [2.05, 4.69) is 10.3 Å². The summed E-state index contributed by atoms with van der Waals surface area (Å²) in [6.45, 7) is 12.0. The number of aromatic nitrogens is 2. The highest BCUT2D eigenvalue weighted by atomic mass is 16.8. The topological polar surface area (TPSA) is 159 Å². The molecular weight excluding hydrogens is 464 g/mol. The highest BCUT2D eigenvalue weighted by Crippen LogP contribution is 2.42. The first-order chi connectivity index (χ1) is 16.2. The summed E-state index contributed by atoms with van der Waals surface area (Å²) in [5.74, 6) is -1.91. The van der Waals surface area contributed by atoms with Crippen LogP contribution in [0.25, 0.3) is 0 Å². The molecule has 0 radical (unpaired) electrons. The van der Waals surface area contributed by atoms with E-state index in [0.29, 0.717) is 0 Å². The van der Waals surface area contributed by atoms with Crippen molar-refractivity contribution in [3.8, 4) is 0 Å². The van der Waals surface area contributed by atoms with Crippen molar-refractivity contribution in [1.82, 2.24) is 14.9 Å². The Morgan fingerprint density at radius 2 is 1.91 bits per heavy atom. The molecule has 1 amide bonds. The van der Waals surface area contributed by atoms with Gasteiger partial charge in [0.15, 0.2) is 17.8 Å². The van der Waals surface area contributed by atoms with E-state index in [0.717, 1.165) is 0 Å². The van der Waals surface area contributed by atoms with Crippen LogP contribution >= 0.6 is 0 Å². The van der Waals surface area contributed by atoms with Gasteiger partial charge in [-0.1, -0.05) is 13.8 Å². The summed E-state index contributed by atoms with van der Waals surface area (Å²) < 4.78 is 29.9. The molecule has 2 saturated heterocycles. The molecule has 1 aromatic rings. The number of nitrogens with zero attached hydrogens (tertiary/aromatic N) is 2. The van der Waals surface area contributed by atoms with Gasteiger partial charge < -0.3 is 29.0 Å². The maximum Gasteiger partial charge on any atom is 0.408 e. The molecule has 2 aliphatic heterocycles. The van der Waals surface area contributed by atoms with Crippen LogP contribution in [0.1, 0.15) is 54.7 Å². The molecule has 196 valence electrons. The van der Waals surface area contributed by atoms with Crippen LogP contribution in [0.15, 0.2) is 17.1 Å². The van der Waals surface area contributed by atoms with Crippen molar-refractivity contribution in [2.75, 3.05) is 12.1 Å². The van der Waals surface area contributed by atoms with Gasteiger partial charge in [0.1, 0.15) is 36.6 Å². The zero-order chi connectivity index (χ0) is 26.1. The van der Waals surface area contributed by atoms with Crippen LogP contribution in [-0.4, -0.2) is 69.2 Å². The van der Waals surface area contributed by atoms with Crippen molar-refractivity contribution in [2.24, 2.45) is 5.92 Å². The molecule has 13 heteroatoms. The molecule has 2 fully saturated rings. The quantitative estimate of drug-likeness (QED) is 0.370. The molecular formula is C22H34N4O9. The van der Waals surface area contributed by atoms with Gasteiger partial charge >= 0.3 is 17.8 Å². The Bertz CT molecular complexity index is 988. The number of fused-ring (bicyclic) bond motifs is 1. The second-order valence-electron chi connectivity index (χ2n) is 10.2. The molecule has 1 aromatic heterocycles. The number of anilines is 1. The lowest BCUT2D eigenvalue weighted by Gasteiger charge is -2.26. The minimum absolute atomic E-state index is 0.0209. The summed E-state index contributed by atoms with van der Waals surface area (Å²) in [7, 11) is 0. The number of esters is 1. The highest BCUT2D eigenvalue weighted by molar-refractivity contribution is 5.81. The Morgan fingerprint density at radius 1 is 1.26 bits per heavy atom. The summed E-state index contributed by atoms with van der Waals surface area (Å²) in [4.78, 5) is 41.2. The van der Waals surface area contributed by atoms with Gasteiger partial charge in [-0.15, -0.1) is 0 Å². The van der Waals surface area contributed by atoms with Crippen LogP contribution in [0.5, 0.6) is 0 Å². The van der Waals surface area contributed by atoms with Gasteiger partial charge in [-0.05, 0) is 46.6 Å². The SMILES string of the molecule is CC(C)[C@H](NC(=O)OC(C)(C)C)C(=O)OCC1O[C@@H](n2ccc(NO)nc2=O)[C@@H]2OC(C)(C)O[C@H]12. The first-order valence-corrected chi connectivity index (χ1v) is 11.4. The average Bonchev–Trinajstić information content (AvgIpc) is 3.21. The summed E-state index contributed by atoms with van der Waals surface area (Å²) >= 11 is 0. The molecule has 0 bridgehead atoms. The third-order valence-corrected chi connectivity index (χ3v) is 5.33. The zero-order valence-corrected chi connectivity index (χ0v) is 20.9. The van der Waals surface area contributed by atoms with Gasteiger partial charge in [0.2, 0.25) is 0 Å². The number of nitrogens with one attached hydrogen (secondary N) is 2. The van der Waals surface area contributed by atoms with Crippen LogP contribution in [0.2, 0.25) is 0 Å². The molecule has 3 heterocycles. The fraction of sp³-hybridized carbons (Fsp3) is 0.727. The molecule has 35 heavy (non-hydrogen) atoms. The van der Waals surface area contributed by atoms with E-state index in [1.165, 1.54) is 16.8 Å². The number of carbonyl (C=O) groups is 2. The van der Waals surface area contributed by atoms with E-state index in [1.54, 1.807) is 48.5 Å². The van der Waals surface area contributed by atoms with Crippen molar-refractivity contribution in [3.05, 3.63) is 22.7 Å². The molecule has 0 aliphatic carbocycles. The van der Waals surface area contributed by atoms with Gasteiger partial charge in [0, 0.05) is 6.20 Å². The Morgan fingerprint density at radius 3 is 2.49 bits per heavy atom. The summed E-state index contributed by atoms with van der Waals surface area (Å²) in [5, 5.41) is 11.5. The highest BCUT2D eigenvalue weighted by Gasteiger charge is 2.56. The third-order valence-electron chi connectivity index (χ3n) is 5.33. The fourth-order valence-electron chi connectivity index (χ4n) is 3.87. The third kappa shape index (κ3) is 6.48. The van der Waals surface area contributed by atoms with Crippen LogP contribution in [0.3, 0.4) is 0 Å². The average molecular weight is 499 g/mol. The van der Waals surface area contributed by atoms with Crippen LogP contribution in [0, 0.1) is 5.92 Å². The van der Waals surface area contributed by atoms with Crippen molar-refractivity contribution in [3.63, 3.8) is 0 Å². The smallest absolute Gasteiger partial charge is 0.408 e. The monoisotopic (exact) mass is 498 g/mol. The normalized spacial score (nSPS) is 26.2. The number of amides is 1. The second-order valence-corrected chi connectivity index (χ2v) is 10.2. The first-order valence-electron chi connectivity index (χ1n) is 11.4. The van der Waals surface area contributed by atoms with Gasteiger partial charge in [-0.2, -0.15) is 4.98 Å². The first kappa shape index (κ1) is 26.9. The van der Waals surface area contributed by atoms with E-state index < -0.39 is 59.7 Å². The Balaban J connectivity index is 1.71. The minimum Gasteiger partial charge on any atom is -0.461 e. The van der Waals surface area contributed by atoms with E-state index >= 15 is 0 Å². The number of hydrogen-bond acceptors (Lipinski definition) is 11. The zero-order valence-electron chi connectivity index (χ0n) is 20.9. The number of ether oxygens (including phenoxy) is 5. The van der Waals surface area contributed by atoms with Gasteiger partial charge in [0.25, 0.3) is 0 Å². The van der Waals surface area contributed by atoms with E-state index in [1.807, 2.05) is 5.48 Å². The molecule has 2 aliphatic rings. The van der Waals surface area contributed by atoms with Crippen molar-refractivity contribution in [1.29, 1.82) is 0 Å². The Hall–Kier alpha value is -2.74. The molecule has 3 N–H and O–H groups in total. The van der Waals surface area contributed by atoms with Gasteiger partial charge in [-0.3, -0.25) is 15.3 Å². The van der Waals surface area contributed by atoms with Crippen molar-refractivity contribution >= 4 is 17.9 Å². The lowest BCUT2D eigenvalue weighted by atomic mass is 10.1. The van der Waals surface area contributed by atoms with E-state index in [4.69, 9.17) is 28.9 Å². The molecule has 3 rings (SSSR count). The number of hydrogen-bond donors (Lipinski definition) is 3. The predicted molar refractivity (Wildman–Crippen MR) is 121 cm³/mol. The van der Waals surface area contributed by atoms with Crippen molar-refractivity contribution < 1.29 is 38.5 Å². The number of alkyl carbamates (subject to hydrolysis) is 1. The summed E-state index contributed by atoms with van der Waals surface area (Å²) in [6, 6.07) is 0.448. The standard InChI is InChI=1S/C22H34N4O9/c1-11(2)14(24-20(29)35-21(3,4)5)18(27)31-10-12-15-16(34-22(6,7)33-15)17(32-12)26-9-8-13(25-30)23-19(26)28/h8-9,11-12,14-17,30H,10H2,1-7H3,(H,24,29)(H,23,25,28)/t12?,14-,15+,16+,17+/m0/s1. The molecule has 1 unspecified atom stereocenters. The predicted octanol–water partition coefficient (Wildman–Crippen LogP) is 1.55. The van der Waals surface area contributed by atoms with E-state index in [9.17, 15) is 14.4 Å². The fourth-order valence-corrected chi connectivity index (χ4v) is 3.87. The van der Waals surface area contributed by atoms with Crippen LogP contribution < -0.4 is 16.5 Å². The summed E-state index contributed by atoms with van der Waals surface area (Å²) in [5.41, 5.74) is 0.414. The van der Waals surface area contributed by atoms with Gasteiger partial charge in [-0.25, -0.2) is 14.4 Å². The number of carbonyl (C=O) groups excluding carboxylic acids is 2. The van der Waals surface area contributed by atoms with Crippen molar-refractivity contribution in [2.45, 2.75) is 90.4 Å². The molecule has 13 nitrogen and oxygen atoms in total. The maximum atomic E-state index is 12.8. The maximum absolute atomic E-state index is 12.8. The molecule has 5 atom stereocenters. The lowest BCUT2D eigenvalue weighted by molar-refractivity contribution is -0.203. The summed E-state index contributed by atoms with van der Waals surface area (Å²) in [6.07, 6.45) is -2.30. The van der Waals surface area contributed by atoms with E-state index in [-0.39, 0.29) is 18.3 Å². The lowest BCUT2D eigenvalue weighted by Crippen LogP contribution is -2.48. The Kier molecular flexibility index (Phi) is 7.74. The molecule has 0 saturated carbocycles.